The number of benzene rings is 1. The molecule has 0 amide bonds. The zero-order valence-corrected chi connectivity index (χ0v) is 22.3. The van der Waals surface area contributed by atoms with Crippen molar-refractivity contribution in [3.05, 3.63) is 30.3 Å². The Morgan fingerprint density at radius 3 is 1.97 bits per heavy atom. The predicted molar refractivity (Wildman–Crippen MR) is 134 cm³/mol. The van der Waals surface area contributed by atoms with Gasteiger partial charge in [-0.1, -0.05) is 45.9 Å². The first-order chi connectivity index (χ1) is 15.9. The molecule has 0 spiro atoms. The van der Waals surface area contributed by atoms with Crippen LogP contribution in [0.15, 0.2) is 30.3 Å². The van der Waals surface area contributed by atoms with Gasteiger partial charge in [0.2, 0.25) is 0 Å². The van der Waals surface area contributed by atoms with Crippen LogP contribution < -0.4 is 4.74 Å². The molecule has 34 heavy (non-hydrogen) atoms. The van der Waals surface area contributed by atoms with E-state index in [-0.39, 0.29) is 43.1 Å². The van der Waals surface area contributed by atoms with Gasteiger partial charge >= 0.3 is 11.9 Å². The van der Waals surface area contributed by atoms with Crippen molar-refractivity contribution in [2.24, 2.45) is 16.7 Å². The molecule has 1 rings (SSSR count). The largest absolute Gasteiger partial charge is 0.490 e. The summed E-state index contributed by atoms with van der Waals surface area (Å²) in [6.07, 6.45) is 2.49. The van der Waals surface area contributed by atoms with E-state index in [9.17, 15) is 9.59 Å². The van der Waals surface area contributed by atoms with E-state index in [2.05, 4.69) is 10.8 Å². The Balaban J connectivity index is 0. The van der Waals surface area contributed by atoms with Crippen molar-refractivity contribution in [2.45, 2.75) is 74.7 Å². The number of carbonyl (C=O) groups excluding carboxylic acids is 2. The van der Waals surface area contributed by atoms with E-state index in [1.807, 2.05) is 78.8 Å². The van der Waals surface area contributed by atoms with Crippen LogP contribution in [0.1, 0.15) is 74.7 Å². The summed E-state index contributed by atoms with van der Waals surface area (Å²) in [4.78, 5) is 22.4. The van der Waals surface area contributed by atoms with Crippen molar-refractivity contribution in [2.75, 3.05) is 26.4 Å². The maximum Gasteiger partial charge on any atom is 0.311 e. The molecule has 0 aliphatic carbocycles. The van der Waals surface area contributed by atoms with Gasteiger partial charge in [0.05, 0.1) is 29.4 Å². The number of nitrogens with zero attached hydrogens (tertiary/aromatic N) is 1. The average molecular weight is 480 g/mol. The summed E-state index contributed by atoms with van der Waals surface area (Å²) in [7, 11) is 0. The SMILES string of the molecule is CCC(C)(C)C#N.CCC(C)(C)C(=O)OCCOc1ccccc1.CCC(C)C(=O)OCCO. The molecular weight excluding hydrogens is 434 g/mol. The Morgan fingerprint density at radius 2 is 1.56 bits per heavy atom. The third kappa shape index (κ3) is 17.0. The van der Waals surface area contributed by atoms with Gasteiger partial charge in [0.25, 0.3) is 0 Å². The predicted octanol–water partition coefficient (Wildman–Crippen LogP) is 5.56. The molecule has 1 N–H and O–H groups in total. The molecule has 0 saturated heterocycles. The quantitative estimate of drug-likeness (QED) is 0.327. The second-order valence-electron chi connectivity index (χ2n) is 9.08. The molecule has 0 bridgehead atoms. The number of ether oxygens (including phenoxy) is 3. The van der Waals surface area contributed by atoms with Gasteiger partial charge in [-0.25, -0.2) is 0 Å². The van der Waals surface area contributed by atoms with E-state index in [0.717, 1.165) is 25.0 Å². The molecule has 1 aromatic rings. The summed E-state index contributed by atoms with van der Waals surface area (Å²) in [5, 5.41) is 16.6. The van der Waals surface area contributed by atoms with Gasteiger partial charge < -0.3 is 19.3 Å². The van der Waals surface area contributed by atoms with E-state index in [0.29, 0.717) is 6.61 Å². The third-order valence-corrected chi connectivity index (χ3v) is 5.30. The highest BCUT2D eigenvalue weighted by Crippen LogP contribution is 2.21. The van der Waals surface area contributed by atoms with Crippen molar-refractivity contribution >= 4 is 11.9 Å². The lowest BCUT2D eigenvalue weighted by molar-refractivity contribution is -0.154. The van der Waals surface area contributed by atoms with Crippen LogP contribution in [-0.4, -0.2) is 43.5 Å². The van der Waals surface area contributed by atoms with Gasteiger partial charge in [0, 0.05) is 0 Å². The number of rotatable bonds is 11. The Morgan fingerprint density at radius 1 is 0.971 bits per heavy atom. The van der Waals surface area contributed by atoms with Crippen LogP contribution >= 0.6 is 0 Å². The lowest BCUT2D eigenvalue weighted by Crippen LogP contribution is -2.27. The van der Waals surface area contributed by atoms with Crippen molar-refractivity contribution in [1.82, 2.24) is 0 Å². The van der Waals surface area contributed by atoms with Gasteiger partial charge in [-0.05, 0) is 59.1 Å². The molecule has 0 heterocycles. The summed E-state index contributed by atoms with van der Waals surface area (Å²) in [5.74, 6) is 0.345. The van der Waals surface area contributed by atoms with Crippen LogP contribution in [0.2, 0.25) is 0 Å². The number of carbonyl (C=O) groups is 2. The standard InChI is InChI=1S/C14H20O3.C7H14O3.C6H11N/c1-4-14(2,3)13(15)17-11-10-16-12-8-6-5-7-9-12;1-3-6(2)7(9)10-5-4-8;1-4-6(2,3)5-7/h5-9H,4,10-11H2,1-3H3;6,8H,3-5H2,1-2H3;4H2,1-3H3. The maximum atomic E-state index is 11.6. The fourth-order valence-electron chi connectivity index (χ4n) is 1.68. The lowest BCUT2D eigenvalue weighted by Gasteiger charge is -2.20. The van der Waals surface area contributed by atoms with Gasteiger partial charge in [0.1, 0.15) is 25.6 Å². The zero-order chi connectivity index (χ0) is 26.6. The molecule has 0 aliphatic rings. The molecule has 194 valence electrons. The number of aliphatic hydroxyl groups excluding tert-OH is 1. The number of para-hydroxylation sites is 1. The number of hydrogen-bond donors (Lipinski definition) is 1. The highest BCUT2D eigenvalue weighted by atomic mass is 16.6. The van der Waals surface area contributed by atoms with Gasteiger partial charge in [-0.15, -0.1) is 0 Å². The summed E-state index contributed by atoms with van der Waals surface area (Å²) in [5.41, 5.74) is -0.521. The molecule has 7 heteroatoms. The maximum absolute atomic E-state index is 11.6. The summed E-state index contributed by atoms with van der Waals surface area (Å²) in [6.45, 7) is 16.0. The smallest absolute Gasteiger partial charge is 0.311 e. The molecule has 0 radical (unpaired) electrons. The van der Waals surface area contributed by atoms with Crippen LogP contribution in [-0.2, 0) is 19.1 Å². The van der Waals surface area contributed by atoms with Gasteiger partial charge in [0.15, 0.2) is 0 Å². The van der Waals surface area contributed by atoms with E-state index in [1.165, 1.54) is 0 Å². The van der Waals surface area contributed by atoms with Crippen molar-refractivity contribution in [1.29, 1.82) is 5.26 Å². The second kappa shape index (κ2) is 18.8. The topological polar surface area (TPSA) is 106 Å². The molecule has 1 unspecified atom stereocenters. The molecule has 1 aromatic carbocycles. The number of nitriles is 1. The van der Waals surface area contributed by atoms with Gasteiger partial charge in [-0.3, -0.25) is 9.59 Å². The highest BCUT2D eigenvalue weighted by molar-refractivity contribution is 5.75. The Kier molecular flexibility index (Phi) is 18.6. The normalized spacial score (nSPS) is 11.4. The minimum atomic E-state index is -0.410. The van der Waals surface area contributed by atoms with Crippen LogP contribution in [0, 0.1) is 28.1 Å². The zero-order valence-electron chi connectivity index (χ0n) is 22.3. The monoisotopic (exact) mass is 479 g/mol. The highest BCUT2D eigenvalue weighted by Gasteiger charge is 2.26. The number of esters is 2. The molecule has 0 saturated carbocycles. The van der Waals surface area contributed by atoms with Crippen LogP contribution in [0.25, 0.3) is 0 Å². The fraction of sp³-hybridized carbons (Fsp3) is 0.667. The van der Waals surface area contributed by atoms with Crippen molar-refractivity contribution in [3.8, 4) is 11.8 Å². The summed E-state index contributed by atoms with van der Waals surface area (Å²) >= 11 is 0. The number of hydrogen-bond acceptors (Lipinski definition) is 7. The van der Waals surface area contributed by atoms with E-state index < -0.39 is 5.41 Å². The van der Waals surface area contributed by atoms with Crippen molar-refractivity contribution in [3.63, 3.8) is 0 Å². The molecule has 7 nitrogen and oxygen atoms in total. The molecule has 0 aromatic heterocycles. The summed E-state index contributed by atoms with van der Waals surface area (Å²) < 4.78 is 15.2. The van der Waals surface area contributed by atoms with Crippen LogP contribution in [0.4, 0.5) is 0 Å². The average Bonchev–Trinajstić information content (AvgIpc) is 2.85. The Bertz CT molecular complexity index is 710. The third-order valence-electron chi connectivity index (χ3n) is 5.30. The van der Waals surface area contributed by atoms with Crippen LogP contribution in [0.5, 0.6) is 5.75 Å². The van der Waals surface area contributed by atoms with E-state index >= 15 is 0 Å². The molecule has 0 fully saturated rings. The second-order valence-corrected chi connectivity index (χ2v) is 9.08. The van der Waals surface area contributed by atoms with Gasteiger partial charge in [-0.2, -0.15) is 5.26 Å². The molecule has 1 atom stereocenters. The first-order valence-corrected chi connectivity index (χ1v) is 11.9. The molecule has 0 aliphatic heterocycles. The van der Waals surface area contributed by atoms with Crippen LogP contribution in [0.3, 0.4) is 0 Å². The molecular formula is C27H45NO6. The lowest BCUT2D eigenvalue weighted by atomic mass is 9.91. The Hall–Kier alpha value is -2.59. The Labute approximate surface area is 206 Å². The minimum absolute atomic E-state index is 0.0495. The first-order valence-electron chi connectivity index (χ1n) is 11.9. The van der Waals surface area contributed by atoms with Crippen molar-refractivity contribution < 1.29 is 28.9 Å². The summed E-state index contributed by atoms with van der Waals surface area (Å²) in [6, 6.07) is 11.7. The van der Waals surface area contributed by atoms with E-state index in [1.54, 1.807) is 6.92 Å². The van der Waals surface area contributed by atoms with E-state index in [4.69, 9.17) is 19.8 Å². The number of aliphatic hydroxyl groups is 1. The minimum Gasteiger partial charge on any atom is -0.490 e. The first kappa shape index (κ1) is 33.6. The fourth-order valence-corrected chi connectivity index (χ4v) is 1.68.